The Kier molecular flexibility index (Phi) is 4.68. The van der Waals surface area contributed by atoms with Crippen molar-refractivity contribution in [2.24, 2.45) is 7.05 Å². The minimum atomic E-state index is -0.336. The molecule has 0 spiro atoms. The summed E-state index contributed by atoms with van der Waals surface area (Å²) in [7, 11) is 1.67. The lowest BCUT2D eigenvalue weighted by atomic mass is 10.2. The summed E-state index contributed by atoms with van der Waals surface area (Å²) in [4.78, 5) is 33.4. The predicted molar refractivity (Wildman–Crippen MR) is 105 cm³/mol. The zero-order chi connectivity index (χ0) is 18.8. The number of thiazole rings is 1. The molecule has 0 fully saturated rings. The minimum absolute atomic E-state index is 0.113. The van der Waals surface area contributed by atoms with E-state index in [1.165, 1.54) is 15.9 Å². The van der Waals surface area contributed by atoms with Crippen LogP contribution in [-0.2, 0) is 29.6 Å². The zero-order valence-electron chi connectivity index (χ0n) is 14.7. The average molecular weight is 379 g/mol. The largest absolute Gasteiger partial charge is 0.458 e. The van der Waals surface area contributed by atoms with Crippen molar-refractivity contribution in [3.05, 3.63) is 69.7 Å². The Bertz CT molecular complexity index is 1160. The van der Waals surface area contributed by atoms with E-state index >= 15 is 0 Å². The number of esters is 1. The molecule has 0 radical (unpaired) electrons. The topological polar surface area (TPSA) is 74.1 Å². The molecule has 4 rings (SSSR count). The number of carbonyl (C=O) groups is 1. The van der Waals surface area contributed by atoms with Crippen LogP contribution < -0.4 is 5.56 Å². The third kappa shape index (κ3) is 3.59. The highest BCUT2D eigenvalue weighted by Crippen LogP contribution is 2.22. The maximum Gasteiger partial charge on any atom is 0.306 e. The molecule has 0 unspecified atom stereocenters. The Morgan fingerprint density at radius 2 is 1.81 bits per heavy atom. The van der Waals surface area contributed by atoms with Gasteiger partial charge < -0.3 is 4.74 Å². The van der Waals surface area contributed by atoms with Crippen LogP contribution in [0.15, 0.2) is 53.3 Å². The summed E-state index contributed by atoms with van der Waals surface area (Å²) in [5.74, 6) is 0.229. The molecule has 0 aliphatic heterocycles. The smallest absolute Gasteiger partial charge is 0.306 e. The molecule has 0 N–H and O–H groups in total. The molecule has 0 atom stereocenters. The molecule has 0 saturated heterocycles. The number of ether oxygens (including phenoxy) is 1. The van der Waals surface area contributed by atoms with Gasteiger partial charge in [-0.2, -0.15) is 0 Å². The van der Waals surface area contributed by atoms with E-state index in [1.807, 2.05) is 36.4 Å². The van der Waals surface area contributed by atoms with Crippen molar-refractivity contribution < 1.29 is 9.53 Å². The first-order valence-electron chi connectivity index (χ1n) is 8.56. The van der Waals surface area contributed by atoms with Crippen molar-refractivity contribution in [1.82, 2.24) is 14.5 Å². The van der Waals surface area contributed by atoms with Gasteiger partial charge in [0.2, 0.25) is 0 Å². The number of hydrogen-bond acceptors (Lipinski definition) is 6. The Hall–Kier alpha value is -3.06. The first kappa shape index (κ1) is 17.4. The van der Waals surface area contributed by atoms with Gasteiger partial charge in [0.1, 0.15) is 17.4 Å². The van der Waals surface area contributed by atoms with E-state index < -0.39 is 0 Å². The van der Waals surface area contributed by atoms with Gasteiger partial charge in [-0.3, -0.25) is 14.2 Å². The number of aromatic nitrogens is 3. The molecule has 6 nitrogen and oxygen atoms in total. The molecule has 0 amide bonds. The van der Waals surface area contributed by atoms with Crippen molar-refractivity contribution >= 4 is 38.4 Å². The first-order chi connectivity index (χ1) is 13.1. The Morgan fingerprint density at radius 3 is 2.63 bits per heavy atom. The lowest BCUT2D eigenvalue weighted by Gasteiger charge is -2.09. The van der Waals surface area contributed by atoms with Crippen molar-refractivity contribution in [2.75, 3.05) is 0 Å². The van der Waals surface area contributed by atoms with Crippen LogP contribution >= 0.6 is 11.3 Å². The van der Waals surface area contributed by atoms with Gasteiger partial charge >= 0.3 is 5.97 Å². The highest BCUT2D eigenvalue weighted by atomic mass is 32.1. The Morgan fingerprint density at radius 1 is 1.07 bits per heavy atom. The van der Waals surface area contributed by atoms with E-state index in [4.69, 9.17) is 4.74 Å². The molecule has 4 aromatic rings. The molecule has 0 saturated carbocycles. The standard InChI is InChI=1S/C20H17N3O3S/c1-23-17(21-14-7-3-2-6-13(14)20(23)25)10-11-19(24)26-12-18-22-15-8-4-5-9-16(15)27-18/h2-9H,10-12H2,1H3. The van der Waals surface area contributed by atoms with Crippen LogP contribution in [0, 0.1) is 0 Å². The SMILES string of the molecule is Cn1c(CCC(=O)OCc2nc3ccccc3s2)nc2ccccc2c1=O. The monoisotopic (exact) mass is 379 g/mol. The predicted octanol–water partition coefficient (Wildman–Crippen LogP) is 3.22. The molecular formula is C20H17N3O3S. The molecule has 2 aromatic heterocycles. The Labute approximate surface area is 159 Å². The third-order valence-corrected chi connectivity index (χ3v) is 5.33. The second-order valence-electron chi connectivity index (χ2n) is 6.15. The number of fused-ring (bicyclic) bond motifs is 2. The van der Waals surface area contributed by atoms with Gasteiger partial charge in [-0.25, -0.2) is 9.97 Å². The molecule has 2 heterocycles. The van der Waals surface area contributed by atoms with Crippen molar-refractivity contribution in [3.8, 4) is 0 Å². The van der Waals surface area contributed by atoms with Crippen LogP contribution in [0.2, 0.25) is 0 Å². The normalized spacial score (nSPS) is 11.1. The fourth-order valence-corrected chi connectivity index (χ4v) is 3.78. The number of nitrogens with zero attached hydrogens (tertiary/aromatic N) is 3. The zero-order valence-corrected chi connectivity index (χ0v) is 15.5. The average Bonchev–Trinajstić information content (AvgIpc) is 3.11. The van der Waals surface area contributed by atoms with E-state index in [2.05, 4.69) is 9.97 Å². The molecule has 0 aliphatic carbocycles. The van der Waals surface area contributed by atoms with Gasteiger partial charge in [0.25, 0.3) is 5.56 Å². The van der Waals surface area contributed by atoms with Crippen LogP contribution in [0.25, 0.3) is 21.1 Å². The Balaban J connectivity index is 1.41. The van der Waals surface area contributed by atoms with E-state index in [1.54, 1.807) is 19.2 Å². The summed E-state index contributed by atoms with van der Waals surface area (Å²) in [6.45, 7) is 0.155. The molecule has 136 valence electrons. The van der Waals surface area contributed by atoms with Gasteiger partial charge in [0, 0.05) is 13.5 Å². The summed E-state index contributed by atoms with van der Waals surface area (Å²) in [5, 5.41) is 1.34. The molecule has 2 aromatic carbocycles. The van der Waals surface area contributed by atoms with Crippen LogP contribution in [0.5, 0.6) is 0 Å². The minimum Gasteiger partial charge on any atom is -0.458 e. The summed E-state index contributed by atoms with van der Waals surface area (Å²) < 4.78 is 7.89. The van der Waals surface area contributed by atoms with E-state index in [0.717, 1.165) is 15.2 Å². The number of rotatable bonds is 5. The van der Waals surface area contributed by atoms with Crippen molar-refractivity contribution in [3.63, 3.8) is 0 Å². The highest BCUT2D eigenvalue weighted by Gasteiger charge is 2.12. The van der Waals surface area contributed by atoms with E-state index in [-0.39, 0.29) is 24.6 Å². The second-order valence-corrected chi connectivity index (χ2v) is 7.26. The number of carbonyl (C=O) groups excluding carboxylic acids is 1. The summed E-state index contributed by atoms with van der Waals surface area (Å²) in [6, 6.07) is 15.0. The van der Waals surface area contributed by atoms with Gasteiger partial charge in [0.05, 0.1) is 27.5 Å². The quantitative estimate of drug-likeness (QED) is 0.498. The number of hydrogen-bond donors (Lipinski definition) is 0. The van der Waals surface area contributed by atoms with E-state index in [9.17, 15) is 9.59 Å². The van der Waals surface area contributed by atoms with Crippen LogP contribution in [0.4, 0.5) is 0 Å². The second kappa shape index (κ2) is 7.28. The maximum absolute atomic E-state index is 12.4. The van der Waals surface area contributed by atoms with E-state index in [0.29, 0.717) is 23.1 Å². The molecule has 7 heteroatoms. The van der Waals surface area contributed by atoms with Crippen molar-refractivity contribution in [1.29, 1.82) is 0 Å². The van der Waals surface area contributed by atoms with Gasteiger partial charge in [0.15, 0.2) is 0 Å². The fraction of sp³-hybridized carbons (Fsp3) is 0.200. The highest BCUT2D eigenvalue weighted by molar-refractivity contribution is 7.18. The summed E-state index contributed by atoms with van der Waals surface area (Å²) in [6.07, 6.45) is 0.499. The van der Waals surface area contributed by atoms with Gasteiger partial charge in [-0.05, 0) is 24.3 Å². The maximum atomic E-state index is 12.4. The molecule has 0 bridgehead atoms. The number of benzene rings is 2. The third-order valence-electron chi connectivity index (χ3n) is 4.32. The van der Waals surface area contributed by atoms with Crippen LogP contribution in [0.1, 0.15) is 17.3 Å². The fourth-order valence-electron chi connectivity index (χ4n) is 2.90. The number of aryl methyl sites for hydroxylation is 1. The van der Waals surface area contributed by atoms with Crippen LogP contribution in [-0.4, -0.2) is 20.5 Å². The molecule has 27 heavy (non-hydrogen) atoms. The van der Waals surface area contributed by atoms with Crippen LogP contribution in [0.3, 0.4) is 0 Å². The lowest BCUT2D eigenvalue weighted by molar-refractivity contribution is -0.144. The summed E-state index contributed by atoms with van der Waals surface area (Å²) in [5.41, 5.74) is 1.43. The van der Waals surface area contributed by atoms with Crippen molar-refractivity contribution in [2.45, 2.75) is 19.4 Å². The molecule has 0 aliphatic rings. The lowest BCUT2D eigenvalue weighted by Crippen LogP contribution is -2.23. The molecular weight excluding hydrogens is 362 g/mol. The van der Waals surface area contributed by atoms with Gasteiger partial charge in [-0.1, -0.05) is 24.3 Å². The number of para-hydroxylation sites is 2. The van der Waals surface area contributed by atoms with Gasteiger partial charge in [-0.15, -0.1) is 11.3 Å². The first-order valence-corrected chi connectivity index (χ1v) is 9.38. The summed E-state index contributed by atoms with van der Waals surface area (Å²) >= 11 is 1.51.